The first kappa shape index (κ1) is 14.7. The molecule has 0 fully saturated rings. The van der Waals surface area contributed by atoms with Gasteiger partial charge in [0.25, 0.3) is 5.91 Å². The van der Waals surface area contributed by atoms with Crippen molar-refractivity contribution in [1.82, 2.24) is 0 Å². The Morgan fingerprint density at radius 1 is 1.33 bits per heavy atom. The van der Waals surface area contributed by atoms with Crippen molar-refractivity contribution in [2.24, 2.45) is 0 Å². The molecular formula is C12H17NO4S. The molecule has 0 atom stereocenters. The highest BCUT2D eigenvalue weighted by molar-refractivity contribution is 7.16. The molecule has 0 bridgehead atoms. The van der Waals surface area contributed by atoms with Crippen LogP contribution in [0.1, 0.15) is 27.7 Å². The number of carbonyl (C=O) groups is 2. The molecule has 18 heavy (non-hydrogen) atoms. The van der Waals surface area contributed by atoms with Crippen molar-refractivity contribution < 1.29 is 19.1 Å². The maximum atomic E-state index is 11.7. The van der Waals surface area contributed by atoms with Crippen LogP contribution in [0.3, 0.4) is 0 Å². The molecule has 5 nitrogen and oxygen atoms in total. The highest BCUT2D eigenvalue weighted by Gasteiger charge is 2.21. The number of esters is 1. The van der Waals surface area contributed by atoms with E-state index >= 15 is 0 Å². The molecule has 0 aliphatic heterocycles. The molecule has 1 aromatic rings. The lowest BCUT2D eigenvalue weighted by Gasteiger charge is -2.06. The Bertz CT molecular complexity index is 453. The minimum atomic E-state index is -0.441. The smallest absolute Gasteiger partial charge is 0.341 e. The zero-order chi connectivity index (χ0) is 13.7. The first-order chi connectivity index (χ1) is 8.51. The quantitative estimate of drug-likeness (QED) is 0.833. The molecule has 1 N–H and O–H groups in total. The number of methoxy groups -OCH3 is 1. The molecule has 0 saturated heterocycles. The van der Waals surface area contributed by atoms with E-state index in [1.165, 1.54) is 18.4 Å². The number of rotatable bonds is 5. The topological polar surface area (TPSA) is 64.6 Å². The normalized spacial score (nSPS) is 10.2. The standard InChI is InChI=1S/C12H17NO4S/c1-5-17-6-9(14)13-11-10(12(15)16-4)7(2)8(3)18-11/h5-6H2,1-4H3,(H,13,14). The van der Waals surface area contributed by atoms with E-state index in [1.807, 2.05) is 20.8 Å². The van der Waals surface area contributed by atoms with Crippen molar-refractivity contribution in [3.63, 3.8) is 0 Å². The number of aryl methyl sites for hydroxylation is 1. The van der Waals surface area contributed by atoms with Gasteiger partial charge in [0.05, 0.1) is 12.7 Å². The molecule has 1 heterocycles. The van der Waals surface area contributed by atoms with Gasteiger partial charge < -0.3 is 14.8 Å². The molecule has 0 spiro atoms. The Morgan fingerprint density at radius 3 is 2.56 bits per heavy atom. The Morgan fingerprint density at radius 2 is 2.00 bits per heavy atom. The second-order valence-electron chi connectivity index (χ2n) is 3.66. The molecule has 100 valence electrons. The number of nitrogens with one attached hydrogen (secondary N) is 1. The van der Waals surface area contributed by atoms with Gasteiger partial charge in [0.2, 0.25) is 0 Å². The number of anilines is 1. The first-order valence-corrected chi connectivity index (χ1v) is 6.38. The maximum Gasteiger partial charge on any atom is 0.341 e. The number of hydrogen-bond acceptors (Lipinski definition) is 5. The van der Waals surface area contributed by atoms with Crippen molar-refractivity contribution in [3.05, 3.63) is 16.0 Å². The summed E-state index contributed by atoms with van der Waals surface area (Å²) in [7, 11) is 1.32. The van der Waals surface area contributed by atoms with Gasteiger partial charge in [-0.3, -0.25) is 4.79 Å². The van der Waals surface area contributed by atoms with Crippen LogP contribution in [-0.4, -0.2) is 32.2 Å². The first-order valence-electron chi connectivity index (χ1n) is 5.57. The molecule has 1 rings (SSSR count). The fourth-order valence-corrected chi connectivity index (χ4v) is 2.49. The lowest BCUT2D eigenvalue weighted by Crippen LogP contribution is -2.19. The fraction of sp³-hybridized carbons (Fsp3) is 0.500. The van der Waals surface area contributed by atoms with Crippen LogP contribution in [0.25, 0.3) is 0 Å². The Kier molecular flexibility index (Phi) is 5.30. The van der Waals surface area contributed by atoms with Crippen LogP contribution in [-0.2, 0) is 14.3 Å². The SMILES string of the molecule is CCOCC(=O)Nc1sc(C)c(C)c1C(=O)OC. The van der Waals surface area contributed by atoms with E-state index < -0.39 is 5.97 Å². The van der Waals surface area contributed by atoms with Crippen LogP contribution in [0.2, 0.25) is 0 Å². The van der Waals surface area contributed by atoms with Crippen LogP contribution in [0.4, 0.5) is 5.00 Å². The van der Waals surface area contributed by atoms with Crippen LogP contribution in [0.15, 0.2) is 0 Å². The summed E-state index contributed by atoms with van der Waals surface area (Å²) in [4.78, 5) is 24.2. The summed E-state index contributed by atoms with van der Waals surface area (Å²) in [6, 6.07) is 0. The monoisotopic (exact) mass is 271 g/mol. The number of thiophene rings is 1. The molecule has 0 radical (unpaired) electrons. The Hall–Kier alpha value is -1.40. The van der Waals surface area contributed by atoms with Gasteiger partial charge >= 0.3 is 5.97 Å². The highest BCUT2D eigenvalue weighted by atomic mass is 32.1. The third-order valence-corrected chi connectivity index (χ3v) is 3.59. The third kappa shape index (κ3) is 3.30. The summed E-state index contributed by atoms with van der Waals surface area (Å²) in [6.07, 6.45) is 0. The minimum Gasteiger partial charge on any atom is -0.465 e. The molecule has 0 saturated carbocycles. The highest BCUT2D eigenvalue weighted by Crippen LogP contribution is 2.32. The van der Waals surface area contributed by atoms with Gasteiger partial charge in [-0.25, -0.2) is 4.79 Å². The predicted octanol–water partition coefficient (Wildman–Crippen LogP) is 2.13. The van der Waals surface area contributed by atoms with Gasteiger partial charge in [0.15, 0.2) is 0 Å². The Balaban J connectivity index is 2.91. The lowest BCUT2D eigenvalue weighted by atomic mass is 10.1. The van der Waals surface area contributed by atoms with Crippen molar-refractivity contribution in [1.29, 1.82) is 0 Å². The number of amides is 1. The molecule has 0 aliphatic rings. The van der Waals surface area contributed by atoms with Gasteiger partial charge in [-0.2, -0.15) is 0 Å². The number of ether oxygens (including phenoxy) is 2. The van der Waals surface area contributed by atoms with Gasteiger partial charge in [0.1, 0.15) is 11.6 Å². The molecule has 0 aromatic carbocycles. The second kappa shape index (κ2) is 6.51. The van der Waals surface area contributed by atoms with Crippen LogP contribution in [0.5, 0.6) is 0 Å². The molecule has 0 aliphatic carbocycles. The molecule has 1 amide bonds. The summed E-state index contributed by atoms with van der Waals surface area (Å²) < 4.78 is 9.73. The number of carbonyl (C=O) groups excluding carboxylic acids is 2. The van der Waals surface area contributed by atoms with E-state index in [0.717, 1.165) is 10.4 Å². The van der Waals surface area contributed by atoms with Crippen molar-refractivity contribution in [3.8, 4) is 0 Å². The van der Waals surface area contributed by atoms with Gasteiger partial charge in [0, 0.05) is 11.5 Å². The van der Waals surface area contributed by atoms with E-state index in [0.29, 0.717) is 17.2 Å². The van der Waals surface area contributed by atoms with Gasteiger partial charge in [-0.1, -0.05) is 0 Å². The summed E-state index contributed by atoms with van der Waals surface area (Å²) in [5.41, 5.74) is 1.25. The van der Waals surface area contributed by atoms with E-state index in [9.17, 15) is 9.59 Å². The molecule has 0 unspecified atom stereocenters. The van der Waals surface area contributed by atoms with Crippen LogP contribution >= 0.6 is 11.3 Å². The van der Waals surface area contributed by atoms with E-state index in [-0.39, 0.29) is 12.5 Å². The summed E-state index contributed by atoms with van der Waals surface area (Å²) in [5.74, 6) is -0.716. The van der Waals surface area contributed by atoms with Crippen molar-refractivity contribution >= 4 is 28.2 Å². The summed E-state index contributed by atoms with van der Waals surface area (Å²) in [5, 5.41) is 3.19. The van der Waals surface area contributed by atoms with E-state index in [1.54, 1.807) is 0 Å². The summed E-state index contributed by atoms with van der Waals surface area (Å²) in [6.45, 7) is 5.99. The lowest BCUT2D eigenvalue weighted by molar-refractivity contribution is -0.120. The zero-order valence-corrected chi connectivity index (χ0v) is 11.8. The second-order valence-corrected chi connectivity index (χ2v) is 4.89. The molecular weight excluding hydrogens is 254 g/mol. The third-order valence-electron chi connectivity index (χ3n) is 2.47. The van der Waals surface area contributed by atoms with Gasteiger partial charge in [-0.05, 0) is 26.3 Å². The Labute approximate surface area is 110 Å². The van der Waals surface area contributed by atoms with Crippen molar-refractivity contribution in [2.75, 3.05) is 25.6 Å². The number of hydrogen-bond donors (Lipinski definition) is 1. The average Bonchev–Trinajstić information content (AvgIpc) is 2.61. The zero-order valence-electron chi connectivity index (χ0n) is 11.0. The molecule has 6 heteroatoms. The van der Waals surface area contributed by atoms with Crippen LogP contribution in [0, 0.1) is 13.8 Å². The maximum absolute atomic E-state index is 11.7. The van der Waals surface area contributed by atoms with E-state index in [4.69, 9.17) is 9.47 Å². The predicted molar refractivity (Wildman–Crippen MR) is 70.3 cm³/mol. The fourth-order valence-electron chi connectivity index (χ4n) is 1.42. The van der Waals surface area contributed by atoms with Gasteiger partial charge in [-0.15, -0.1) is 11.3 Å². The van der Waals surface area contributed by atoms with Crippen molar-refractivity contribution in [2.45, 2.75) is 20.8 Å². The van der Waals surface area contributed by atoms with Crippen LogP contribution < -0.4 is 5.32 Å². The van der Waals surface area contributed by atoms with E-state index in [2.05, 4.69) is 5.32 Å². The average molecular weight is 271 g/mol. The molecule has 1 aromatic heterocycles. The minimum absolute atomic E-state index is 0.0207. The summed E-state index contributed by atoms with van der Waals surface area (Å²) >= 11 is 1.36. The largest absolute Gasteiger partial charge is 0.465 e.